The third-order valence-electron chi connectivity index (χ3n) is 4.67. The summed E-state index contributed by atoms with van der Waals surface area (Å²) in [6, 6.07) is 18.7. The van der Waals surface area contributed by atoms with E-state index in [0.717, 1.165) is 28.1 Å². The van der Waals surface area contributed by atoms with E-state index < -0.39 is 5.56 Å². The molecule has 0 atom stereocenters. The van der Waals surface area contributed by atoms with Crippen LogP contribution in [-0.4, -0.2) is 21.3 Å². The molecule has 4 aromatic rings. The van der Waals surface area contributed by atoms with Gasteiger partial charge in [-0.3, -0.25) is 9.78 Å². The predicted octanol–water partition coefficient (Wildman–Crippen LogP) is 4.03. The fourth-order valence-corrected chi connectivity index (χ4v) is 3.27. The Kier molecular flexibility index (Phi) is 5.41. The summed E-state index contributed by atoms with van der Waals surface area (Å²) in [7, 11) is 0. The van der Waals surface area contributed by atoms with E-state index in [4.69, 9.17) is 4.52 Å². The molecule has 8 heteroatoms. The van der Waals surface area contributed by atoms with E-state index in [-0.39, 0.29) is 11.5 Å². The standard InChI is InChI=1S/C23H18N6O2/c1-14-20(15(2)31-29-14)18-10-6-7-16(11-18)13-25-28-23-26-21(17-8-4-3-5-9-17)19(12-24)22(30)27-23/h3-11,13H,1-2H3,(H2,26,27,28,30). The second-order valence-corrected chi connectivity index (χ2v) is 6.81. The molecule has 0 aliphatic rings. The number of rotatable bonds is 5. The molecule has 0 radical (unpaired) electrons. The van der Waals surface area contributed by atoms with E-state index in [1.807, 2.05) is 62.4 Å². The average molecular weight is 410 g/mol. The SMILES string of the molecule is Cc1noc(C)c1-c1cccc(C=NNc2nc(-c3ccccc3)c(C#N)c(=O)[nH]2)c1. The van der Waals surface area contributed by atoms with Crippen molar-refractivity contribution in [3.8, 4) is 28.5 Å². The summed E-state index contributed by atoms with van der Waals surface area (Å²) < 4.78 is 5.25. The number of benzene rings is 2. The first-order chi connectivity index (χ1) is 15.1. The third kappa shape index (κ3) is 4.11. The number of anilines is 1. The minimum Gasteiger partial charge on any atom is -0.361 e. The molecule has 2 aromatic heterocycles. The Hall–Kier alpha value is -4.51. The fourth-order valence-electron chi connectivity index (χ4n) is 3.27. The Morgan fingerprint density at radius 3 is 2.61 bits per heavy atom. The van der Waals surface area contributed by atoms with Crippen LogP contribution in [0.1, 0.15) is 22.6 Å². The normalized spacial score (nSPS) is 10.9. The maximum absolute atomic E-state index is 12.3. The predicted molar refractivity (Wildman–Crippen MR) is 118 cm³/mol. The minimum atomic E-state index is -0.533. The molecule has 8 nitrogen and oxygen atoms in total. The number of nitrogens with one attached hydrogen (secondary N) is 2. The summed E-state index contributed by atoms with van der Waals surface area (Å²) in [6.07, 6.45) is 1.61. The first-order valence-electron chi connectivity index (χ1n) is 9.49. The highest BCUT2D eigenvalue weighted by Gasteiger charge is 2.13. The van der Waals surface area contributed by atoms with Crippen LogP contribution >= 0.6 is 0 Å². The van der Waals surface area contributed by atoms with Crippen molar-refractivity contribution in [1.29, 1.82) is 5.26 Å². The van der Waals surface area contributed by atoms with E-state index in [1.165, 1.54) is 0 Å². The molecule has 0 saturated heterocycles. The lowest BCUT2D eigenvalue weighted by Crippen LogP contribution is -2.16. The summed E-state index contributed by atoms with van der Waals surface area (Å²) in [5, 5.41) is 17.5. The zero-order chi connectivity index (χ0) is 21.8. The van der Waals surface area contributed by atoms with Crippen LogP contribution in [-0.2, 0) is 0 Å². The molecule has 0 unspecified atom stereocenters. The van der Waals surface area contributed by atoms with Crippen molar-refractivity contribution in [2.75, 3.05) is 5.43 Å². The molecule has 0 fully saturated rings. The lowest BCUT2D eigenvalue weighted by atomic mass is 10.0. The summed E-state index contributed by atoms with van der Waals surface area (Å²) in [4.78, 5) is 19.2. The number of aryl methyl sites for hydroxylation is 2. The van der Waals surface area contributed by atoms with Crippen molar-refractivity contribution in [1.82, 2.24) is 15.1 Å². The summed E-state index contributed by atoms with van der Waals surface area (Å²) in [5.41, 5.74) is 6.70. The fraction of sp³-hybridized carbons (Fsp3) is 0.0870. The van der Waals surface area contributed by atoms with Gasteiger partial charge in [0.1, 0.15) is 17.4 Å². The Balaban J connectivity index is 1.60. The Labute approximate surface area is 177 Å². The number of nitrogens with zero attached hydrogens (tertiary/aromatic N) is 4. The molecule has 0 spiro atoms. The number of aromatic nitrogens is 3. The number of hydrogen-bond donors (Lipinski definition) is 2. The van der Waals surface area contributed by atoms with Crippen molar-refractivity contribution in [3.05, 3.63) is 87.5 Å². The number of aromatic amines is 1. The maximum atomic E-state index is 12.3. The van der Waals surface area contributed by atoms with Crippen molar-refractivity contribution >= 4 is 12.2 Å². The molecular formula is C23H18N6O2. The van der Waals surface area contributed by atoms with Crippen molar-refractivity contribution in [2.45, 2.75) is 13.8 Å². The Morgan fingerprint density at radius 1 is 1.13 bits per heavy atom. The molecule has 0 aliphatic heterocycles. The van der Waals surface area contributed by atoms with Gasteiger partial charge in [0.2, 0.25) is 5.95 Å². The highest BCUT2D eigenvalue weighted by atomic mass is 16.5. The van der Waals surface area contributed by atoms with Crippen LogP contribution in [0, 0.1) is 25.2 Å². The van der Waals surface area contributed by atoms with E-state index in [2.05, 4.69) is 25.7 Å². The summed E-state index contributed by atoms with van der Waals surface area (Å²) >= 11 is 0. The summed E-state index contributed by atoms with van der Waals surface area (Å²) in [5.74, 6) is 0.887. The molecule has 31 heavy (non-hydrogen) atoms. The molecule has 4 rings (SSSR count). The van der Waals surface area contributed by atoms with Gasteiger partial charge in [-0.05, 0) is 31.0 Å². The quantitative estimate of drug-likeness (QED) is 0.379. The van der Waals surface area contributed by atoms with Gasteiger partial charge >= 0.3 is 0 Å². The lowest BCUT2D eigenvalue weighted by molar-refractivity contribution is 0.393. The van der Waals surface area contributed by atoms with Crippen LogP contribution in [0.4, 0.5) is 5.95 Å². The minimum absolute atomic E-state index is 0.0482. The van der Waals surface area contributed by atoms with Crippen LogP contribution in [0.25, 0.3) is 22.4 Å². The highest BCUT2D eigenvalue weighted by Crippen LogP contribution is 2.27. The molecular weight excluding hydrogens is 392 g/mol. The van der Waals surface area contributed by atoms with Crippen molar-refractivity contribution < 1.29 is 4.52 Å². The average Bonchev–Trinajstić information content (AvgIpc) is 3.12. The van der Waals surface area contributed by atoms with Gasteiger partial charge in [-0.15, -0.1) is 0 Å². The molecule has 0 saturated carbocycles. The van der Waals surface area contributed by atoms with Gasteiger partial charge in [-0.25, -0.2) is 10.4 Å². The number of nitriles is 1. The Morgan fingerprint density at radius 2 is 1.90 bits per heavy atom. The topological polar surface area (TPSA) is 120 Å². The zero-order valence-electron chi connectivity index (χ0n) is 16.9. The van der Waals surface area contributed by atoms with Crippen LogP contribution in [0.3, 0.4) is 0 Å². The van der Waals surface area contributed by atoms with Crippen molar-refractivity contribution in [3.63, 3.8) is 0 Å². The van der Waals surface area contributed by atoms with Crippen LogP contribution in [0.5, 0.6) is 0 Å². The largest absolute Gasteiger partial charge is 0.361 e. The second-order valence-electron chi connectivity index (χ2n) is 6.81. The van der Waals surface area contributed by atoms with Gasteiger partial charge in [0.05, 0.1) is 17.6 Å². The highest BCUT2D eigenvalue weighted by molar-refractivity contribution is 5.83. The molecule has 0 amide bonds. The third-order valence-corrected chi connectivity index (χ3v) is 4.67. The molecule has 152 valence electrons. The zero-order valence-corrected chi connectivity index (χ0v) is 16.9. The van der Waals surface area contributed by atoms with Crippen molar-refractivity contribution in [2.24, 2.45) is 5.10 Å². The van der Waals surface area contributed by atoms with Crippen LogP contribution in [0.2, 0.25) is 0 Å². The number of hydrogen-bond acceptors (Lipinski definition) is 7. The number of H-pyrrole nitrogens is 1. The molecule has 2 aromatic carbocycles. The van der Waals surface area contributed by atoms with Gasteiger partial charge in [0, 0.05) is 11.1 Å². The van der Waals surface area contributed by atoms with Crippen LogP contribution in [0.15, 0.2) is 69.0 Å². The van der Waals surface area contributed by atoms with E-state index in [0.29, 0.717) is 11.3 Å². The Bertz CT molecular complexity index is 1340. The maximum Gasteiger partial charge on any atom is 0.270 e. The lowest BCUT2D eigenvalue weighted by Gasteiger charge is -2.06. The van der Waals surface area contributed by atoms with E-state index in [1.54, 1.807) is 18.3 Å². The van der Waals surface area contributed by atoms with Gasteiger partial charge in [0.15, 0.2) is 0 Å². The first-order valence-corrected chi connectivity index (χ1v) is 9.49. The van der Waals surface area contributed by atoms with E-state index in [9.17, 15) is 10.1 Å². The molecule has 2 N–H and O–H groups in total. The van der Waals surface area contributed by atoms with Gasteiger partial charge in [0.25, 0.3) is 5.56 Å². The monoisotopic (exact) mass is 410 g/mol. The van der Waals surface area contributed by atoms with Gasteiger partial charge in [-0.2, -0.15) is 10.4 Å². The number of hydrazone groups is 1. The molecule has 0 aliphatic carbocycles. The van der Waals surface area contributed by atoms with Crippen LogP contribution < -0.4 is 11.0 Å². The second kappa shape index (κ2) is 8.47. The molecule has 2 heterocycles. The molecule has 0 bridgehead atoms. The summed E-state index contributed by atoms with van der Waals surface area (Å²) in [6.45, 7) is 3.76. The van der Waals surface area contributed by atoms with Gasteiger partial charge in [-0.1, -0.05) is 53.7 Å². The smallest absolute Gasteiger partial charge is 0.270 e. The van der Waals surface area contributed by atoms with Gasteiger partial charge < -0.3 is 4.52 Å². The van der Waals surface area contributed by atoms with E-state index >= 15 is 0 Å². The first kappa shape index (κ1) is 19.8.